The van der Waals surface area contributed by atoms with Crippen LogP contribution in [0.25, 0.3) is 0 Å². The maximum atomic E-state index is 13.7. The van der Waals surface area contributed by atoms with E-state index in [1.54, 1.807) is 4.90 Å². The van der Waals surface area contributed by atoms with Crippen molar-refractivity contribution in [1.82, 2.24) is 4.90 Å². The molecule has 0 spiro atoms. The van der Waals surface area contributed by atoms with Gasteiger partial charge in [0.15, 0.2) is 0 Å². The Kier molecular flexibility index (Phi) is 7.39. The molecule has 0 aliphatic heterocycles. The average molecular weight is 438 g/mol. The molecule has 0 aromatic heterocycles. The molecular formula is C27H35NO2S. The van der Waals surface area contributed by atoms with E-state index in [1.165, 1.54) is 43.4 Å². The van der Waals surface area contributed by atoms with E-state index in [-0.39, 0.29) is 17.9 Å². The van der Waals surface area contributed by atoms with Crippen LogP contribution in [-0.2, 0) is 4.79 Å². The zero-order chi connectivity index (χ0) is 21.8. The Morgan fingerprint density at radius 1 is 1.00 bits per heavy atom. The molecule has 0 bridgehead atoms. The lowest BCUT2D eigenvalue weighted by Gasteiger charge is -2.33. The first-order valence-electron chi connectivity index (χ1n) is 11.8. The van der Waals surface area contributed by atoms with E-state index in [9.17, 15) is 9.90 Å². The van der Waals surface area contributed by atoms with E-state index in [1.807, 2.05) is 56.1 Å². The van der Waals surface area contributed by atoms with Crippen LogP contribution >= 0.6 is 11.8 Å². The summed E-state index contributed by atoms with van der Waals surface area (Å²) in [7, 11) is 1.85. The Hall–Kier alpha value is -1.78. The van der Waals surface area contributed by atoms with Crippen LogP contribution in [0.5, 0.6) is 0 Å². The van der Waals surface area contributed by atoms with Gasteiger partial charge in [0.25, 0.3) is 0 Å². The average Bonchev–Trinajstić information content (AvgIpc) is 3.47. The van der Waals surface area contributed by atoms with E-state index in [4.69, 9.17) is 0 Å². The van der Waals surface area contributed by atoms with Gasteiger partial charge in [0.2, 0.25) is 5.91 Å². The molecule has 4 heteroatoms. The number of rotatable bonds is 9. The van der Waals surface area contributed by atoms with Crippen molar-refractivity contribution in [2.75, 3.05) is 7.05 Å². The molecule has 4 rings (SSSR count). The highest BCUT2D eigenvalue weighted by Gasteiger charge is 2.32. The van der Waals surface area contributed by atoms with Gasteiger partial charge in [0.05, 0.1) is 18.1 Å². The third-order valence-electron chi connectivity index (χ3n) is 7.01. The molecule has 0 radical (unpaired) electrons. The van der Waals surface area contributed by atoms with E-state index in [2.05, 4.69) is 24.3 Å². The molecule has 166 valence electrons. The second kappa shape index (κ2) is 10.2. The number of likely N-dealkylation sites (N-methyl/N-ethyl adjacent to an activating group) is 1. The number of benzene rings is 2. The number of hydrogen-bond donors (Lipinski definition) is 1. The van der Waals surface area contributed by atoms with Crippen molar-refractivity contribution in [3.8, 4) is 0 Å². The summed E-state index contributed by atoms with van der Waals surface area (Å²) in [6.45, 7) is 1.94. The van der Waals surface area contributed by atoms with Crippen LogP contribution < -0.4 is 0 Å². The summed E-state index contributed by atoms with van der Waals surface area (Å²) in [5, 5.41) is 11.7. The second-order valence-electron chi connectivity index (χ2n) is 9.37. The highest BCUT2D eigenvalue weighted by molar-refractivity contribution is 8.00. The summed E-state index contributed by atoms with van der Waals surface area (Å²) in [6, 6.07) is 18.1. The summed E-state index contributed by atoms with van der Waals surface area (Å²) in [4.78, 5) is 16.8. The number of carbonyl (C=O) groups excluding carboxylic acids is 1. The van der Waals surface area contributed by atoms with Crippen molar-refractivity contribution < 1.29 is 9.90 Å². The molecule has 0 unspecified atom stereocenters. The minimum Gasteiger partial charge on any atom is -0.386 e. The lowest BCUT2D eigenvalue weighted by molar-refractivity contribution is -0.136. The van der Waals surface area contributed by atoms with Gasteiger partial charge in [-0.1, -0.05) is 68.1 Å². The first kappa shape index (κ1) is 22.4. The summed E-state index contributed by atoms with van der Waals surface area (Å²) in [5.74, 6) is 0.604. The Bertz CT molecular complexity index is 843. The Labute approximate surface area is 191 Å². The second-order valence-corrected chi connectivity index (χ2v) is 10.7. The van der Waals surface area contributed by atoms with E-state index in [0.717, 1.165) is 22.8 Å². The largest absolute Gasteiger partial charge is 0.386 e. The maximum Gasteiger partial charge on any atom is 0.230 e. The molecule has 3 nitrogen and oxygen atoms in total. The molecule has 0 heterocycles. The fraction of sp³-hybridized carbons (Fsp3) is 0.519. The molecule has 2 aromatic carbocycles. The zero-order valence-corrected chi connectivity index (χ0v) is 19.6. The molecule has 2 saturated carbocycles. The number of amides is 1. The monoisotopic (exact) mass is 437 g/mol. The predicted molar refractivity (Wildman–Crippen MR) is 128 cm³/mol. The van der Waals surface area contributed by atoms with Gasteiger partial charge in [-0.15, -0.1) is 11.8 Å². The van der Waals surface area contributed by atoms with Crippen LogP contribution in [-0.4, -0.2) is 34.3 Å². The van der Waals surface area contributed by atoms with Gasteiger partial charge in [-0.05, 0) is 55.4 Å². The fourth-order valence-corrected chi connectivity index (χ4v) is 5.75. The van der Waals surface area contributed by atoms with E-state index >= 15 is 0 Å². The summed E-state index contributed by atoms with van der Waals surface area (Å²) in [6.07, 6.45) is 7.87. The summed E-state index contributed by atoms with van der Waals surface area (Å²) in [5.41, 5.74) is 1.97. The van der Waals surface area contributed by atoms with Crippen molar-refractivity contribution in [2.24, 2.45) is 5.92 Å². The number of carbonyl (C=O) groups is 1. The van der Waals surface area contributed by atoms with Crippen LogP contribution in [0.2, 0.25) is 0 Å². The van der Waals surface area contributed by atoms with Gasteiger partial charge in [0.1, 0.15) is 0 Å². The number of nitrogens with zero attached hydrogens (tertiary/aromatic N) is 1. The fourth-order valence-electron chi connectivity index (χ4n) is 4.70. The zero-order valence-electron chi connectivity index (χ0n) is 18.7. The lowest BCUT2D eigenvalue weighted by Crippen LogP contribution is -2.42. The van der Waals surface area contributed by atoms with Crippen LogP contribution in [0, 0.1) is 5.92 Å². The predicted octanol–water partition coefficient (Wildman–Crippen LogP) is 6.19. The number of thioether (sulfide) groups is 1. The quantitative estimate of drug-likeness (QED) is 0.509. The first-order chi connectivity index (χ1) is 15.0. The van der Waals surface area contributed by atoms with Gasteiger partial charge in [0, 0.05) is 17.2 Å². The number of aliphatic hydroxyl groups is 1. The highest BCUT2D eigenvalue weighted by Crippen LogP contribution is 2.40. The number of aliphatic hydroxyl groups excluding tert-OH is 1. The van der Waals surface area contributed by atoms with E-state index in [0.29, 0.717) is 5.92 Å². The molecule has 2 aromatic rings. The van der Waals surface area contributed by atoms with Crippen molar-refractivity contribution in [3.05, 3.63) is 65.7 Å². The maximum absolute atomic E-state index is 13.7. The Morgan fingerprint density at radius 3 is 2.26 bits per heavy atom. The topological polar surface area (TPSA) is 40.5 Å². The van der Waals surface area contributed by atoms with Crippen molar-refractivity contribution in [2.45, 2.75) is 80.1 Å². The molecule has 2 aliphatic rings. The van der Waals surface area contributed by atoms with Crippen LogP contribution in [0.1, 0.15) is 75.0 Å². The van der Waals surface area contributed by atoms with Crippen molar-refractivity contribution in [3.63, 3.8) is 0 Å². The van der Waals surface area contributed by atoms with Crippen molar-refractivity contribution in [1.29, 1.82) is 0 Å². The summed E-state index contributed by atoms with van der Waals surface area (Å²) >= 11 is 1.96. The van der Waals surface area contributed by atoms with E-state index < -0.39 is 6.10 Å². The first-order valence-corrected chi connectivity index (χ1v) is 12.7. The standard InChI is InChI=1S/C27H35NO2S/c1-19(26(29)22-10-4-3-5-11-22)28(2)27(30)25(18-20-8-6-7-9-20)21-12-14-23(15-13-21)31-24-16-17-24/h3-5,10-15,19-20,24-26,29H,6-9,16-18H2,1-2H3/t19-,25-,26+/m1/s1. The Morgan fingerprint density at radius 2 is 1.65 bits per heavy atom. The van der Waals surface area contributed by atoms with Crippen LogP contribution in [0.4, 0.5) is 0 Å². The van der Waals surface area contributed by atoms with Crippen LogP contribution in [0.15, 0.2) is 59.5 Å². The van der Waals surface area contributed by atoms with Gasteiger partial charge >= 0.3 is 0 Å². The smallest absolute Gasteiger partial charge is 0.230 e. The molecule has 1 amide bonds. The Balaban J connectivity index is 1.51. The molecule has 31 heavy (non-hydrogen) atoms. The molecule has 2 fully saturated rings. The molecule has 2 aliphatic carbocycles. The lowest BCUT2D eigenvalue weighted by atomic mass is 9.86. The van der Waals surface area contributed by atoms with Gasteiger partial charge in [-0.25, -0.2) is 0 Å². The minimum absolute atomic E-state index is 0.122. The van der Waals surface area contributed by atoms with Gasteiger partial charge in [-0.2, -0.15) is 0 Å². The minimum atomic E-state index is -0.695. The summed E-state index contributed by atoms with van der Waals surface area (Å²) < 4.78 is 0. The molecule has 1 N–H and O–H groups in total. The number of hydrogen-bond acceptors (Lipinski definition) is 3. The normalized spacial score (nSPS) is 19.7. The van der Waals surface area contributed by atoms with Crippen LogP contribution in [0.3, 0.4) is 0 Å². The van der Waals surface area contributed by atoms with Crippen molar-refractivity contribution >= 4 is 17.7 Å². The van der Waals surface area contributed by atoms with Gasteiger partial charge in [-0.3, -0.25) is 4.79 Å². The highest BCUT2D eigenvalue weighted by atomic mass is 32.2. The van der Waals surface area contributed by atoms with Gasteiger partial charge < -0.3 is 10.0 Å². The third kappa shape index (κ3) is 5.72. The SMILES string of the molecule is C[C@H]([C@H](O)c1ccccc1)N(C)C(=O)[C@H](CC1CCCC1)c1ccc(SC2CC2)cc1. The molecular weight excluding hydrogens is 402 g/mol. The molecule has 3 atom stereocenters. The molecule has 0 saturated heterocycles. The third-order valence-corrected chi connectivity index (χ3v) is 8.36.